The molecule has 1 fully saturated rings. The van der Waals surface area contributed by atoms with Crippen LogP contribution in [0.3, 0.4) is 0 Å². The van der Waals surface area contributed by atoms with Crippen LogP contribution in [0.4, 0.5) is 14.5 Å². The zero-order chi connectivity index (χ0) is 23.8. The molecule has 2 aromatic heterocycles. The van der Waals surface area contributed by atoms with Crippen molar-refractivity contribution >= 4 is 43.5 Å². The van der Waals surface area contributed by atoms with Crippen molar-refractivity contribution in [3.05, 3.63) is 80.8 Å². The van der Waals surface area contributed by atoms with Gasteiger partial charge >= 0.3 is 5.63 Å². The number of halogens is 3. The quantitative estimate of drug-likeness (QED) is 0.273. The van der Waals surface area contributed by atoms with E-state index in [2.05, 4.69) is 26.2 Å². The van der Waals surface area contributed by atoms with Crippen LogP contribution in [0, 0.1) is 17.6 Å². The molecule has 1 unspecified atom stereocenters. The van der Waals surface area contributed by atoms with E-state index in [0.717, 1.165) is 47.5 Å². The van der Waals surface area contributed by atoms with Gasteiger partial charge in [0.05, 0.1) is 11.2 Å². The number of pyridine rings is 1. The summed E-state index contributed by atoms with van der Waals surface area (Å²) in [5.41, 5.74) is 1.57. The Morgan fingerprint density at radius 1 is 1.09 bits per heavy atom. The second kappa shape index (κ2) is 9.45. The maximum absolute atomic E-state index is 14.7. The number of nitrogens with zero attached hydrogens (tertiary/aromatic N) is 1. The molecule has 0 aliphatic heterocycles. The molecule has 5 rings (SSSR count). The van der Waals surface area contributed by atoms with Crippen molar-refractivity contribution in [3.63, 3.8) is 0 Å². The third-order valence-corrected chi connectivity index (χ3v) is 7.41. The molecule has 7 heteroatoms. The van der Waals surface area contributed by atoms with Crippen molar-refractivity contribution in [1.29, 1.82) is 0 Å². The van der Waals surface area contributed by atoms with Crippen LogP contribution in [0.15, 0.2) is 62.3 Å². The first-order chi connectivity index (χ1) is 16.4. The average Bonchev–Trinajstić information content (AvgIpc) is 2.82. The van der Waals surface area contributed by atoms with E-state index < -0.39 is 11.4 Å². The van der Waals surface area contributed by atoms with Crippen molar-refractivity contribution in [2.75, 3.05) is 5.32 Å². The highest BCUT2D eigenvalue weighted by Gasteiger charge is 2.26. The van der Waals surface area contributed by atoms with Crippen LogP contribution < -0.4 is 10.9 Å². The minimum Gasteiger partial charge on any atom is -0.420 e. The highest BCUT2D eigenvalue weighted by atomic mass is 79.9. The molecule has 1 saturated carbocycles. The van der Waals surface area contributed by atoms with Gasteiger partial charge in [0.2, 0.25) is 5.82 Å². The third-order valence-electron chi connectivity index (χ3n) is 6.92. The summed E-state index contributed by atoms with van der Waals surface area (Å²) in [5.74, 6) is -0.253. The zero-order valence-electron chi connectivity index (χ0n) is 18.8. The molecule has 2 heterocycles. The summed E-state index contributed by atoms with van der Waals surface area (Å²) in [6, 6.07) is 12.0. The predicted molar refractivity (Wildman–Crippen MR) is 134 cm³/mol. The number of rotatable bonds is 5. The second-order valence-electron chi connectivity index (χ2n) is 9.28. The van der Waals surface area contributed by atoms with Gasteiger partial charge in [-0.15, -0.1) is 0 Å². The van der Waals surface area contributed by atoms with E-state index in [1.807, 2.05) is 19.2 Å². The first-order valence-corrected chi connectivity index (χ1v) is 12.4. The van der Waals surface area contributed by atoms with Crippen LogP contribution >= 0.6 is 15.9 Å². The van der Waals surface area contributed by atoms with Gasteiger partial charge in [-0.3, -0.25) is 4.98 Å². The van der Waals surface area contributed by atoms with E-state index in [1.54, 1.807) is 30.3 Å². The number of fused-ring (bicyclic) bond motifs is 2. The van der Waals surface area contributed by atoms with Gasteiger partial charge in [-0.2, -0.15) is 4.39 Å². The topological polar surface area (TPSA) is 55.1 Å². The molecule has 4 aromatic rings. The summed E-state index contributed by atoms with van der Waals surface area (Å²) in [6.45, 7) is 2.02. The van der Waals surface area contributed by atoms with Crippen molar-refractivity contribution < 1.29 is 13.2 Å². The lowest BCUT2D eigenvalue weighted by molar-refractivity contribution is 0.302. The Kier molecular flexibility index (Phi) is 6.38. The normalized spacial score (nSPS) is 19.4. The van der Waals surface area contributed by atoms with E-state index >= 15 is 0 Å². The monoisotopic (exact) mass is 526 g/mol. The molecule has 2 aromatic carbocycles. The molecule has 0 spiro atoms. The lowest BCUT2D eigenvalue weighted by atomic mass is 9.76. The Morgan fingerprint density at radius 3 is 2.68 bits per heavy atom. The average molecular weight is 527 g/mol. The Morgan fingerprint density at radius 2 is 1.88 bits per heavy atom. The van der Waals surface area contributed by atoms with E-state index in [1.165, 1.54) is 11.6 Å². The van der Waals surface area contributed by atoms with Crippen molar-refractivity contribution in [1.82, 2.24) is 4.98 Å². The number of anilines is 1. The smallest absolute Gasteiger partial charge is 0.374 e. The first kappa shape index (κ1) is 23.0. The van der Waals surface area contributed by atoms with Crippen LogP contribution in [0.1, 0.15) is 50.5 Å². The molecular formula is C27H25BrF2N2O2. The molecule has 0 radical (unpaired) electrons. The minimum absolute atomic E-state index is 0.0134. The number of hydrogen-bond acceptors (Lipinski definition) is 4. The van der Waals surface area contributed by atoms with E-state index in [0.29, 0.717) is 22.8 Å². The Balaban J connectivity index is 1.27. The molecule has 0 amide bonds. The maximum atomic E-state index is 14.7. The number of aromatic nitrogens is 1. The van der Waals surface area contributed by atoms with Crippen molar-refractivity contribution in [3.8, 4) is 0 Å². The lowest BCUT2D eigenvalue weighted by Crippen LogP contribution is -2.24. The molecule has 1 N–H and O–H groups in total. The van der Waals surface area contributed by atoms with Gasteiger partial charge in [0.1, 0.15) is 11.4 Å². The van der Waals surface area contributed by atoms with Crippen LogP contribution in [0.5, 0.6) is 0 Å². The van der Waals surface area contributed by atoms with Crippen LogP contribution in [0.2, 0.25) is 0 Å². The zero-order valence-corrected chi connectivity index (χ0v) is 20.4. The molecule has 0 bridgehead atoms. The van der Waals surface area contributed by atoms with Crippen LogP contribution in [0.25, 0.3) is 21.9 Å². The van der Waals surface area contributed by atoms with Crippen LogP contribution in [-0.2, 0) is 0 Å². The van der Waals surface area contributed by atoms with E-state index in [4.69, 9.17) is 4.42 Å². The second-order valence-corrected chi connectivity index (χ2v) is 10.2. The van der Waals surface area contributed by atoms with Gasteiger partial charge < -0.3 is 9.73 Å². The molecule has 4 nitrogen and oxygen atoms in total. The molecule has 0 saturated heterocycles. The number of nitrogens with one attached hydrogen (secondary N) is 1. The number of hydrogen-bond donors (Lipinski definition) is 1. The fourth-order valence-electron chi connectivity index (χ4n) is 5.30. The minimum atomic E-state index is -0.971. The molecule has 1 atom stereocenters. The fraction of sp³-hybridized carbons (Fsp3) is 0.333. The summed E-state index contributed by atoms with van der Waals surface area (Å²) in [5, 5.41) is 4.68. The van der Waals surface area contributed by atoms with E-state index in [9.17, 15) is 13.6 Å². The highest BCUT2D eigenvalue weighted by molar-refractivity contribution is 9.10. The lowest BCUT2D eigenvalue weighted by Gasteiger charge is -2.31. The van der Waals surface area contributed by atoms with Gasteiger partial charge in [-0.25, -0.2) is 9.18 Å². The van der Waals surface area contributed by atoms with Gasteiger partial charge in [0.15, 0.2) is 0 Å². The summed E-state index contributed by atoms with van der Waals surface area (Å²) < 4.78 is 34.4. The summed E-state index contributed by atoms with van der Waals surface area (Å²) in [4.78, 5) is 16.4. The maximum Gasteiger partial charge on any atom is 0.374 e. The standard InChI is InChI=1S/C27H25BrF2N2O2/c1-15(32-26-21-8-6-18(28)13-24(21)34-27(33)25(26)30)12-16-2-4-17(5-3-16)20-10-11-31-23-9-7-19(29)14-22(20)23/h6-11,13-17,32H,2-5,12H2,1H3/t15?,16-,17-. The molecule has 1 aliphatic carbocycles. The van der Waals surface area contributed by atoms with Crippen molar-refractivity contribution in [2.24, 2.45) is 5.92 Å². The highest BCUT2D eigenvalue weighted by Crippen LogP contribution is 2.40. The third kappa shape index (κ3) is 4.58. The fourth-order valence-corrected chi connectivity index (χ4v) is 5.64. The Hall–Kier alpha value is -2.80. The summed E-state index contributed by atoms with van der Waals surface area (Å²) in [6.07, 6.45) is 6.81. The number of benzene rings is 2. The molecule has 1 aliphatic rings. The van der Waals surface area contributed by atoms with Gasteiger partial charge in [0, 0.05) is 27.5 Å². The van der Waals surface area contributed by atoms with Gasteiger partial charge in [0.25, 0.3) is 0 Å². The van der Waals surface area contributed by atoms with Gasteiger partial charge in [-0.05, 0) is 98.9 Å². The van der Waals surface area contributed by atoms with Crippen LogP contribution in [-0.4, -0.2) is 11.0 Å². The largest absolute Gasteiger partial charge is 0.420 e. The molecule has 176 valence electrons. The predicted octanol–water partition coefficient (Wildman–Crippen LogP) is 7.55. The molecule has 34 heavy (non-hydrogen) atoms. The Labute approximate surface area is 204 Å². The van der Waals surface area contributed by atoms with E-state index in [-0.39, 0.29) is 17.5 Å². The van der Waals surface area contributed by atoms with Crippen molar-refractivity contribution in [2.45, 2.75) is 51.0 Å². The van der Waals surface area contributed by atoms with Gasteiger partial charge in [-0.1, -0.05) is 15.9 Å². The first-order valence-electron chi connectivity index (χ1n) is 11.6. The SMILES string of the molecule is CC(C[C@H]1CC[C@H](c2ccnc3ccc(F)cc32)CC1)Nc1c(F)c(=O)oc2cc(Br)ccc12. The summed E-state index contributed by atoms with van der Waals surface area (Å²) in [7, 11) is 0. The Bertz CT molecular complexity index is 1410. The summed E-state index contributed by atoms with van der Waals surface area (Å²) >= 11 is 3.36. The molecular weight excluding hydrogens is 502 g/mol.